The molecule has 0 saturated carbocycles. The summed E-state index contributed by atoms with van der Waals surface area (Å²) < 4.78 is 1.83. The molecule has 6 nitrogen and oxygen atoms in total. The van der Waals surface area contributed by atoms with Crippen LogP contribution in [-0.2, 0) is 6.54 Å². The van der Waals surface area contributed by atoms with Crippen LogP contribution in [0, 0.1) is 4.77 Å². The average molecular weight is 457 g/mol. The number of hydrogen-bond acceptors (Lipinski definition) is 4. The molecule has 4 rings (SSSR count). The van der Waals surface area contributed by atoms with E-state index in [0.717, 1.165) is 25.1 Å². The van der Waals surface area contributed by atoms with Crippen molar-refractivity contribution in [3.8, 4) is 0 Å². The van der Waals surface area contributed by atoms with Crippen molar-refractivity contribution in [3.05, 3.63) is 73.7 Å². The van der Waals surface area contributed by atoms with Gasteiger partial charge in [-0.15, -0.1) is 0 Å². The minimum atomic E-state index is -0.190. The third kappa shape index (κ3) is 4.74. The van der Waals surface area contributed by atoms with Crippen molar-refractivity contribution in [1.82, 2.24) is 19.8 Å². The molecule has 1 atom stereocenters. The van der Waals surface area contributed by atoms with Crippen LogP contribution in [0.1, 0.15) is 35.7 Å². The van der Waals surface area contributed by atoms with Gasteiger partial charge in [-0.05, 0) is 74.0 Å². The number of aromatic amines is 1. The zero-order chi connectivity index (χ0) is 22.0. The zero-order valence-electron chi connectivity index (χ0n) is 17.4. The van der Waals surface area contributed by atoms with Crippen molar-refractivity contribution in [2.45, 2.75) is 32.4 Å². The van der Waals surface area contributed by atoms with Gasteiger partial charge in [0.15, 0.2) is 4.77 Å². The van der Waals surface area contributed by atoms with Gasteiger partial charge >= 0.3 is 0 Å². The van der Waals surface area contributed by atoms with Gasteiger partial charge in [-0.1, -0.05) is 30.7 Å². The minimum Gasteiger partial charge on any atom is -0.350 e. The standard InChI is InChI=1S/C23H25ClN4O2S/c1-2-27-11-3-4-18(27)13-25-21(29)16-7-10-19-20(12-16)26-23(31)28(22(19)30)14-15-5-8-17(24)9-6-15/h5-10,12,18H,2-4,11,13-14H2,1H3,(H,25,29)(H,26,31). The summed E-state index contributed by atoms with van der Waals surface area (Å²) in [6.07, 6.45) is 2.27. The Bertz CT molecular complexity index is 1220. The molecule has 2 heterocycles. The van der Waals surface area contributed by atoms with Crippen LogP contribution in [0.5, 0.6) is 0 Å². The molecule has 1 aliphatic rings. The van der Waals surface area contributed by atoms with Crippen molar-refractivity contribution < 1.29 is 4.79 Å². The van der Waals surface area contributed by atoms with Gasteiger partial charge in [0, 0.05) is 23.2 Å². The largest absolute Gasteiger partial charge is 0.350 e. The lowest BCUT2D eigenvalue weighted by molar-refractivity contribution is 0.0941. The van der Waals surface area contributed by atoms with Gasteiger partial charge in [-0.2, -0.15) is 0 Å². The van der Waals surface area contributed by atoms with E-state index in [1.807, 2.05) is 12.1 Å². The number of H-pyrrole nitrogens is 1. The number of nitrogens with one attached hydrogen (secondary N) is 2. The number of hydrogen-bond donors (Lipinski definition) is 2. The molecule has 1 saturated heterocycles. The number of aromatic nitrogens is 2. The molecule has 8 heteroatoms. The number of nitrogens with zero attached hydrogens (tertiary/aromatic N) is 2. The van der Waals surface area contributed by atoms with E-state index in [2.05, 4.69) is 22.1 Å². The third-order valence-corrected chi connectivity index (χ3v) is 6.48. The third-order valence-electron chi connectivity index (χ3n) is 5.90. The summed E-state index contributed by atoms with van der Waals surface area (Å²) in [6.45, 7) is 5.20. The van der Waals surface area contributed by atoms with Gasteiger partial charge in [0.25, 0.3) is 11.5 Å². The molecule has 3 aromatic rings. The molecule has 162 valence electrons. The van der Waals surface area contributed by atoms with Crippen LogP contribution >= 0.6 is 23.8 Å². The van der Waals surface area contributed by atoms with Crippen LogP contribution in [0.2, 0.25) is 5.02 Å². The highest BCUT2D eigenvalue weighted by atomic mass is 35.5. The van der Waals surface area contributed by atoms with E-state index in [0.29, 0.717) is 45.4 Å². The number of carbonyl (C=O) groups is 1. The van der Waals surface area contributed by atoms with Gasteiger partial charge in [0.05, 0.1) is 17.4 Å². The van der Waals surface area contributed by atoms with Crippen molar-refractivity contribution in [3.63, 3.8) is 0 Å². The number of amides is 1. The molecular weight excluding hydrogens is 432 g/mol. The minimum absolute atomic E-state index is 0.144. The highest BCUT2D eigenvalue weighted by Gasteiger charge is 2.23. The lowest BCUT2D eigenvalue weighted by Crippen LogP contribution is -2.40. The molecule has 0 aliphatic carbocycles. The first kappa shape index (κ1) is 21.7. The Kier molecular flexibility index (Phi) is 6.55. The maximum atomic E-state index is 13.0. The predicted molar refractivity (Wildman–Crippen MR) is 127 cm³/mol. The van der Waals surface area contributed by atoms with Crippen LogP contribution in [0.3, 0.4) is 0 Å². The second kappa shape index (κ2) is 9.34. The maximum absolute atomic E-state index is 13.0. The summed E-state index contributed by atoms with van der Waals surface area (Å²) >= 11 is 11.4. The normalized spacial score (nSPS) is 16.6. The number of benzene rings is 2. The first-order chi connectivity index (χ1) is 15.0. The first-order valence-electron chi connectivity index (χ1n) is 10.5. The Labute approximate surface area is 190 Å². The fourth-order valence-corrected chi connectivity index (χ4v) is 4.55. The molecule has 1 fully saturated rings. The highest BCUT2D eigenvalue weighted by Crippen LogP contribution is 2.17. The van der Waals surface area contributed by atoms with Crippen molar-refractivity contribution in [1.29, 1.82) is 0 Å². The average Bonchev–Trinajstić information content (AvgIpc) is 3.23. The fraction of sp³-hybridized carbons (Fsp3) is 0.348. The van der Waals surface area contributed by atoms with Gasteiger partial charge in [0.1, 0.15) is 0 Å². The van der Waals surface area contributed by atoms with E-state index in [1.165, 1.54) is 11.0 Å². The maximum Gasteiger partial charge on any atom is 0.262 e. The van der Waals surface area contributed by atoms with Crippen LogP contribution in [0.4, 0.5) is 0 Å². The predicted octanol–water partition coefficient (Wildman–Crippen LogP) is 3.97. The number of likely N-dealkylation sites (N-methyl/N-ethyl adjacent to an activating group) is 1. The first-order valence-corrected chi connectivity index (χ1v) is 11.3. The molecule has 31 heavy (non-hydrogen) atoms. The van der Waals surface area contributed by atoms with E-state index >= 15 is 0 Å². The van der Waals surface area contributed by atoms with Crippen LogP contribution in [0.25, 0.3) is 10.9 Å². The molecule has 0 bridgehead atoms. The van der Waals surface area contributed by atoms with Crippen molar-refractivity contribution in [2.24, 2.45) is 0 Å². The van der Waals surface area contributed by atoms with Crippen molar-refractivity contribution >= 4 is 40.6 Å². The smallest absolute Gasteiger partial charge is 0.262 e. The summed E-state index contributed by atoms with van der Waals surface area (Å²) in [5.41, 5.74) is 1.81. The SMILES string of the molecule is CCN1CCCC1CNC(=O)c1ccc2c(=O)n(Cc3ccc(Cl)cc3)c(=S)[nH]c2c1. The van der Waals surface area contributed by atoms with Gasteiger partial charge in [-0.3, -0.25) is 19.1 Å². The second-order valence-electron chi connectivity index (χ2n) is 7.84. The molecular formula is C23H25ClN4O2S. The summed E-state index contributed by atoms with van der Waals surface area (Å²) in [5, 5.41) is 4.17. The Hall–Kier alpha value is -2.48. The van der Waals surface area contributed by atoms with E-state index < -0.39 is 0 Å². The fourth-order valence-electron chi connectivity index (χ4n) is 4.17. The van der Waals surface area contributed by atoms with E-state index in [1.54, 1.807) is 30.3 Å². The summed E-state index contributed by atoms with van der Waals surface area (Å²) in [6, 6.07) is 12.8. The Morgan fingerprint density at radius 1 is 1.26 bits per heavy atom. The Balaban J connectivity index is 1.55. The molecule has 2 aromatic carbocycles. The lowest BCUT2D eigenvalue weighted by atomic mass is 10.1. The molecule has 0 spiro atoms. The van der Waals surface area contributed by atoms with Gasteiger partial charge < -0.3 is 10.3 Å². The highest BCUT2D eigenvalue weighted by molar-refractivity contribution is 7.71. The summed E-state index contributed by atoms with van der Waals surface area (Å²) in [4.78, 5) is 31.2. The molecule has 1 amide bonds. The Morgan fingerprint density at radius 2 is 2.03 bits per heavy atom. The van der Waals surface area contributed by atoms with Gasteiger partial charge in [-0.25, -0.2) is 0 Å². The summed E-state index contributed by atoms with van der Waals surface area (Å²) in [7, 11) is 0. The molecule has 1 unspecified atom stereocenters. The Morgan fingerprint density at radius 3 is 2.77 bits per heavy atom. The monoisotopic (exact) mass is 456 g/mol. The molecule has 0 radical (unpaired) electrons. The van der Waals surface area contributed by atoms with Crippen LogP contribution < -0.4 is 10.9 Å². The van der Waals surface area contributed by atoms with E-state index in [-0.39, 0.29) is 11.5 Å². The van der Waals surface area contributed by atoms with E-state index in [9.17, 15) is 9.59 Å². The van der Waals surface area contributed by atoms with E-state index in [4.69, 9.17) is 23.8 Å². The topological polar surface area (TPSA) is 70.1 Å². The zero-order valence-corrected chi connectivity index (χ0v) is 18.9. The quantitative estimate of drug-likeness (QED) is 0.550. The molecule has 2 N–H and O–H groups in total. The van der Waals surface area contributed by atoms with Crippen molar-refractivity contribution in [2.75, 3.05) is 19.6 Å². The lowest BCUT2D eigenvalue weighted by Gasteiger charge is -2.22. The molecule has 1 aromatic heterocycles. The number of carbonyl (C=O) groups excluding carboxylic acids is 1. The molecule has 1 aliphatic heterocycles. The second-order valence-corrected chi connectivity index (χ2v) is 8.67. The number of halogens is 1. The number of rotatable bonds is 6. The van der Waals surface area contributed by atoms with Crippen LogP contribution in [0.15, 0.2) is 47.3 Å². The number of likely N-dealkylation sites (tertiary alicyclic amines) is 1. The summed E-state index contributed by atoms with van der Waals surface area (Å²) in [5.74, 6) is -0.144. The van der Waals surface area contributed by atoms with Gasteiger partial charge in [0.2, 0.25) is 0 Å². The number of fused-ring (bicyclic) bond motifs is 1. The van der Waals surface area contributed by atoms with Crippen LogP contribution in [-0.4, -0.2) is 46.0 Å².